The maximum absolute atomic E-state index is 14.0. The second-order valence-corrected chi connectivity index (χ2v) is 10.6. The normalized spacial score (nSPS) is 22.7. The number of aliphatic imine (C=N–C) groups is 1. The van der Waals surface area contributed by atoms with E-state index in [-0.39, 0.29) is 37.8 Å². The van der Waals surface area contributed by atoms with Gasteiger partial charge in [0.2, 0.25) is 10.0 Å². The number of carbonyl (C=O) groups excluding carboxylic acids is 1. The van der Waals surface area contributed by atoms with E-state index in [2.05, 4.69) is 10.3 Å². The first-order valence-electron chi connectivity index (χ1n) is 11.0. The van der Waals surface area contributed by atoms with Gasteiger partial charge in [-0.2, -0.15) is 17.5 Å². The van der Waals surface area contributed by atoms with Gasteiger partial charge in [-0.15, -0.1) is 0 Å². The second-order valence-electron chi connectivity index (χ2n) is 8.76. The zero-order valence-corrected chi connectivity index (χ0v) is 18.7. The Hall–Kier alpha value is -2.27. The highest BCUT2D eigenvalue weighted by Gasteiger charge is 2.48. The standard InChI is InChI=1S/C22H25F4N3O3S/c23-18-8-4-7-17(22(24,25)26)16(18)9-14-33(31,32)29-12-10-21(11-13-29)20(30)27-19(28-21)15-5-2-1-3-6-15/h4,7-9,14-15H,1-3,5-6,10-13H2,(H,27,28,30)/b14-9+. The van der Waals surface area contributed by atoms with Gasteiger partial charge in [0.15, 0.2) is 0 Å². The summed E-state index contributed by atoms with van der Waals surface area (Å²) in [6, 6.07) is 2.45. The zero-order valence-electron chi connectivity index (χ0n) is 17.9. The summed E-state index contributed by atoms with van der Waals surface area (Å²) in [6.45, 7) is -0.0180. The van der Waals surface area contributed by atoms with Gasteiger partial charge < -0.3 is 5.32 Å². The van der Waals surface area contributed by atoms with Gasteiger partial charge in [-0.25, -0.2) is 12.8 Å². The maximum atomic E-state index is 14.0. The molecule has 33 heavy (non-hydrogen) atoms. The Morgan fingerprint density at radius 2 is 1.79 bits per heavy atom. The van der Waals surface area contributed by atoms with Gasteiger partial charge in [0.25, 0.3) is 5.91 Å². The van der Waals surface area contributed by atoms with Gasteiger partial charge in [0.05, 0.1) is 5.56 Å². The van der Waals surface area contributed by atoms with Crippen molar-refractivity contribution in [1.29, 1.82) is 0 Å². The van der Waals surface area contributed by atoms with E-state index in [1.807, 2.05) is 0 Å². The fourth-order valence-electron chi connectivity index (χ4n) is 4.75. The lowest BCUT2D eigenvalue weighted by Crippen LogP contribution is -2.50. The SMILES string of the molecule is O=C1NC(C2CCCCC2)=NC12CCN(S(=O)(=O)/C=C/c1c(F)cccc1C(F)(F)F)CC2. The molecular formula is C22H25F4N3O3S. The van der Waals surface area contributed by atoms with Crippen molar-refractivity contribution >= 4 is 27.8 Å². The van der Waals surface area contributed by atoms with Gasteiger partial charge in [-0.3, -0.25) is 9.79 Å². The lowest BCUT2D eigenvalue weighted by atomic mass is 9.88. The molecule has 2 fully saturated rings. The minimum absolute atomic E-state index is 0.00899. The molecule has 0 aromatic heterocycles. The number of amidine groups is 1. The Bertz CT molecular complexity index is 1080. The van der Waals surface area contributed by atoms with E-state index in [1.54, 1.807) is 0 Å². The third-order valence-electron chi connectivity index (χ3n) is 6.67. The van der Waals surface area contributed by atoms with Crippen LogP contribution < -0.4 is 5.32 Å². The highest BCUT2D eigenvalue weighted by atomic mass is 32.2. The number of hydrogen-bond donors (Lipinski definition) is 1. The van der Waals surface area contributed by atoms with Crippen LogP contribution in [0.1, 0.15) is 56.1 Å². The molecule has 1 aliphatic carbocycles. The first-order chi connectivity index (χ1) is 15.5. The molecule has 1 amide bonds. The van der Waals surface area contributed by atoms with Crippen molar-refractivity contribution < 1.29 is 30.8 Å². The van der Waals surface area contributed by atoms with E-state index < -0.39 is 38.7 Å². The zero-order chi connectivity index (χ0) is 23.9. The summed E-state index contributed by atoms with van der Waals surface area (Å²) < 4.78 is 80.0. The highest BCUT2D eigenvalue weighted by Crippen LogP contribution is 2.36. The summed E-state index contributed by atoms with van der Waals surface area (Å²) in [5.41, 5.74) is -3.09. The molecule has 0 radical (unpaired) electrons. The van der Waals surface area contributed by atoms with Crippen molar-refractivity contribution in [3.63, 3.8) is 0 Å². The van der Waals surface area contributed by atoms with Gasteiger partial charge in [-0.1, -0.05) is 25.3 Å². The van der Waals surface area contributed by atoms with Crippen LogP contribution >= 0.6 is 0 Å². The van der Waals surface area contributed by atoms with Crippen LogP contribution in [-0.4, -0.2) is 43.1 Å². The second kappa shape index (κ2) is 8.83. The number of carbonyl (C=O) groups is 1. The predicted molar refractivity (Wildman–Crippen MR) is 115 cm³/mol. The van der Waals surface area contributed by atoms with E-state index in [4.69, 9.17) is 0 Å². The monoisotopic (exact) mass is 487 g/mol. The third-order valence-corrected chi connectivity index (χ3v) is 8.23. The number of sulfonamides is 1. The Morgan fingerprint density at radius 3 is 2.42 bits per heavy atom. The third kappa shape index (κ3) is 4.84. The molecule has 0 unspecified atom stereocenters. The first-order valence-corrected chi connectivity index (χ1v) is 12.5. The highest BCUT2D eigenvalue weighted by molar-refractivity contribution is 7.92. The number of nitrogens with zero attached hydrogens (tertiary/aromatic N) is 2. The van der Waals surface area contributed by atoms with Crippen LogP contribution in [0.15, 0.2) is 28.6 Å². The van der Waals surface area contributed by atoms with Crippen LogP contribution in [0, 0.1) is 11.7 Å². The number of nitrogens with one attached hydrogen (secondary N) is 1. The Morgan fingerprint density at radius 1 is 1.12 bits per heavy atom. The van der Waals surface area contributed by atoms with Crippen LogP contribution in [0.2, 0.25) is 0 Å². The number of benzene rings is 1. The van der Waals surface area contributed by atoms with Crippen LogP contribution in [0.4, 0.5) is 17.6 Å². The minimum atomic E-state index is -4.83. The molecule has 1 aromatic rings. The molecule has 1 saturated carbocycles. The summed E-state index contributed by atoms with van der Waals surface area (Å²) in [5, 5.41) is 3.48. The molecule has 3 aliphatic rings. The van der Waals surface area contributed by atoms with E-state index in [9.17, 15) is 30.8 Å². The lowest BCUT2D eigenvalue weighted by Gasteiger charge is -2.34. The van der Waals surface area contributed by atoms with Crippen molar-refractivity contribution in [2.75, 3.05) is 13.1 Å². The molecule has 2 aliphatic heterocycles. The molecule has 1 saturated heterocycles. The molecule has 1 N–H and O–H groups in total. The van der Waals surface area contributed by atoms with E-state index in [1.165, 1.54) is 6.42 Å². The van der Waals surface area contributed by atoms with Gasteiger partial charge in [-0.05, 0) is 43.9 Å². The Labute approximate surface area is 189 Å². The van der Waals surface area contributed by atoms with Crippen molar-refractivity contribution in [1.82, 2.24) is 9.62 Å². The van der Waals surface area contributed by atoms with E-state index in [0.717, 1.165) is 42.1 Å². The molecule has 11 heteroatoms. The van der Waals surface area contributed by atoms with E-state index >= 15 is 0 Å². The Balaban J connectivity index is 1.48. The average Bonchev–Trinajstić information content (AvgIpc) is 3.08. The summed E-state index contributed by atoms with van der Waals surface area (Å²) in [4.78, 5) is 17.4. The molecule has 180 valence electrons. The van der Waals surface area contributed by atoms with Gasteiger partial charge in [0.1, 0.15) is 17.2 Å². The van der Waals surface area contributed by atoms with Crippen LogP contribution in [0.3, 0.4) is 0 Å². The molecule has 0 bridgehead atoms. The maximum Gasteiger partial charge on any atom is 0.417 e. The van der Waals surface area contributed by atoms with Gasteiger partial charge in [0, 0.05) is 30.0 Å². The number of amides is 1. The van der Waals surface area contributed by atoms with Crippen LogP contribution in [0.5, 0.6) is 0 Å². The van der Waals surface area contributed by atoms with Gasteiger partial charge >= 0.3 is 6.18 Å². The van der Waals surface area contributed by atoms with Crippen LogP contribution in [0.25, 0.3) is 6.08 Å². The number of piperidine rings is 1. The molecule has 2 heterocycles. The van der Waals surface area contributed by atoms with Crippen molar-refractivity contribution in [3.8, 4) is 0 Å². The lowest BCUT2D eigenvalue weighted by molar-refractivity contribution is -0.138. The minimum Gasteiger partial charge on any atom is -0.312 e. The smallest absolute Gasteiger partial charge is 0.312 e. The largest absolute Gasteiger partial charge is 0.417 e. The summed E-state index contributed by atoms with van der Waals surface area (Å²) >= 11 is 0. The van der Waals surface area contributed by atoms with Crippen LogP contribution in [-0.2, 0) is 21.0 Å². The number of halogens is 4. The fraction of sp³-hybridized carbons (Fsp3) is 0.545. The molecule has 0 atom stereocenters. The summed E-state index contributed by atoms with van der Waals surface area (Å²) in [6.07, 6.45) is 1.44. The number of rotatable bonds is 4. The fourth-order valence-corrected chi connectivity index (χ4v) is 5.93. The summed E-state index contributed by atoms with van der Waals surface area (Å²) in [5.74, 6) is -0.483. The first kappa shape index (κ1) is 23.9. The van der Waals surface area contributed by atoms with Crippen molar-refractivity contribution in [2.45, 2.75) is 56.7 Å². The molecule has 1 spiro atoms. The molecule has 6 nitrogen and oxygen atoms in total. The van der Waals surface area contributed by atoms with E-state index in [0.29, 0.717) is 23.4 Å². The Kier molecular flexibility index (Phi) is 6.38. The average molecular weight is 488 g/mol. The molecule has 4 rings (SSSR count). The quantitative estimate of drug-likeness (QED) is 0.650. The molecular weight excluding hydrogens is 462 g/mol. The number of alkyl halides is 3. The predicted octanol–water partition coefficient (Wildman–Crippen LogP) is 4.09. The van der Waals surface area contributed by atoms with Crippen molar-refractivity contribution in [3.05, 3.63) is 40.6 Å². The molecule has 1 aromatic carbocycles. The number of hydrogen-bond acceptors (Lipinski definition) is 4. The summed E-state index contributed by atoms with van der Waals surface area (Å²) in [7, 11) is -4.12. The van der Waals surface area contributed by atoms with Crippen molar-refractivity contribution in [2.24, 2.45) is 10.9 Å². The topological polar surface area (TPSA) is 78.8 Å².